The largest absolute Gasteiger partial charge is 0.481 e. The molecule has 0 bridgehead atoms. The summed E-state index contributed by atoms with van der Waals surface area (Å²) in [6, 6.07) is 0. The number of carbonyl (C=O) groups is 1. The first-order valence-electron chi connectivity index (χ1n) is 3.64. The van der Waals surface area contributed by atoms with Gasteiger partial charge < -0.3 is 9.84 Å². The Balaban J connectivity index is 2.52. The normalized spacial score (nSPS) is 30.1. The van der Waals surface area contributed by atoms with Crippen LogP contribution in [-0.2, 0) is 9.53 Å². The lowest BCUT2D eigenvalue weighted by Gasteiger charge is -2.12. The fourth-order valence-electron chi connectivity index (χ4n) is 1.12. The van der Waals surface area contributed by atoms with Crippen molar-refractivity contribution < 1.29 is 23.4 Å². The Morgan fingerprint density at radius 3 is 2.67 bits per heavy atom. The van der Waals surface area contributed by atoms with Crippen molar-refractivity contribution in [1.82, 2.24) is 0 Å². The number of hydrogen-bond acceptors (Lipinski definition) is 2. The van der Waals surface area contributed by atoms with Gasteiger partial charge in [-0.1, -0.05) is 0 Å². The molecule has 1 aliphatic heterocycles. The van der Waals surface area contributed by atoms with Gasteiger partial charge in [0.15, 0.2) is 0 Å². The SMILES string of the molecule is C[C@H](C(=O)O)C1CC(F)(F)CO1. The maximum Gasteiger partial charge on any atom is 0.308 e. The molecule has 1 rings (SSSR count). The highest BCUT2D eigenvalue weighted by atomic mass is 19.3. The highest BCUT2D eigenvalue weighted by Crippen LogP contribution is 2.32. The lowest BCUT2D eigenvalue weighted by molar-refractivity contribution is -0.145. The lowest BCUT2D eigenvalue weighted by Crippen LogP contribution is -2.25. The molecule has 0 spiro atoms. The van der Waals surface area contributed by atoms with E-state index in [2.05, 4.69) is 4.74 Å². The summed E-state index contributed by atoms with van der Waals surface area (Å²) >= 11 is 0. The van der Waals surface area contributed by atoms with E-state index in [9.17, 15) is 13.6 Å². The molecule has 0 radical (unpaired) electrons. The molecule has 1 saturated heterocycles. The second-order valence-electron chi connectivity index (χ2n) is 3.04. The molecule has 0 aromatic heterocycles. The summed E-state index contributed by atoms with van der Waals surface area (Å²) in [7, 11) is 0. The highest BCUT2D eigenvalue weighted by molar-refractivity contribution is 5.70. The van der Waals surface area contributed by atoms with E-state index in [0.29, 0.717) is 0 Å². The van der Waals surface area contributed by atoms with Crippen LogP contribution < -0.4 is 0 Å². The van der Waals surface area contributed by atoms with Crippen molar-refractivity contribution in [1.29, 1.82) is 0 Å². The Morgan fingerprint density at radius 2 is 2.33 bits per heavy atom. The predicted octanol–water partition coefficient (Wildman–Crippen LogP) is 1.13. The standard InChI is InChI=1S/C7H10F2O3/c1-4(6(10)11)5-2-7(8,9)3-12-5/h4-5H,2-3H2,1H3,(H,10,11)/t4-,5?/m0/s1. The van der Waals surface area contributed by atoms with E-state index in [1.807, 2.05) is 0 Å². The second-order valence-corrected chi connectivity index (χ2v) is 3.04. The summed E-state index contributed by atoms with van der Waals surface area (Å²) in [5.41, 5.74) is 0. The van der Waals surface area contributed by atoms with Crippen molar-refractivity contribution in [3.05, 3.63) is 0 Å². The molecule has 0 saturated carbocycles. The molecule has 12 heavy (non-hydrogen) atoms. The second kappa shape index (κ2) is 2.97. The molecule has 5 heteroatoms. The van der Waals surface area contributed by atoms with Crippen LogP contribution >= 0.6 is 0 Å². The lowest BCUT2D eigenvalue weighted by atomic mass is 10.0. The van der Waals surface area contributed by atoms with Gasteiger partial charge in [-0.3, -0.25) is 4.79 Å². The van der Waals surface area contributed by atoms with Gasteiger partial charge in [0.05, 0.1) is 12.0 Å². The topological polar surface area (TPSA) is 46.5 Å². The minimum atomic E-state index is -2.85. The Bertz CT molecular complexity index is 193. The zero-order chi connectivity index (χ0) is 9.35. The van der Waals surface area contributed by atoms with Crippen LogP contribution in [0.15, 0.2) is 0 Å². The van der Waals surface area contributed by atoms with Crippen molar-refractivity contribution >= 4 is 5.97 Å². The van der Waals surface area contributed by atoms with Gasteiger partial charge in [-0.2, -0.15) is 0 Å². The van der Waals surface area contributed by atoms with Crippen molar-refractivity contribution in [2.45, 2.75) is 25.4 Å². The van der Waals surface area contributed by atoms with Gasteiger partial charge >= 0.3 is 5.97 Å². The molecule has 3 nitrogen and oxygen atoms in total. The average molecular weight is 180 g/mol. The van der Waals surface area contributed by atoms with Crippen LogP contribution in [0.4, 0.5) is 8.78 Å². The number of rotatable bonds is 2. The average Bonchev–Trinajstić information content (AvgIpc) is 2.28. The number of carboxylic acids is 1. The molecular formula is C7H10F2O3. The summed E-state index contributed by atoms with van der Waals surface area (Å²) in [4.78, 5) is 10.4. The van der Waals surface area contributed by atoms with Gasteiger partial charge in [-0.25, -0.2) is 8.78 Å². The van der Waals surface area contributed by atoms with Crippen molar-refractivity contribution in [2.75, 3.05) is 6.61 Å². The van der Waals surface area contributed by atoms with Crippen LogP contribution in [0.2, 0.25) is 0 Å². The number of carboxylic acid groups (broad SMARTS) is 1. The smallest absolute Gasteiger partial charge is 0.308 e. The van der Waals surface area contributed by atoms with E-state index in [1.165, 1.54) is 6.92 Å². The molecule has 0 amide bonds. The van der Waals surface area contributed by atoms with E-state index >= 15 is 0 Å². The summed E-state index contributed by atoms with van der Waals surface area (Å²) < 4.78 is 29.7. The number of aliphatic carboxylic acids is 1. The first-order chi connectivity index (χ1) is 5.42. The molecule has 1 heterocycles. The summed E-state index contributed by atoms with van der Waals surface area (Å²) in [5.74, 6) is -4.81. The first kappa shape index (κ1) is 9.38. The van der Waals surface area contributed by atoms with E-state index in [0.717, 1.165) is 0 Å². The molecule has 70 valence electrons. The molecule has 1 unspecified atom stereocenters. The minimum absolute atomic E-state index is 0.486. The minimum Gasteiger partial charge on any atom is -0.481 e. The zero-order valence-corrected chi connectivity index (χ0v) is 6.59. The fraction of sp³-hybridized carbons (Fsp3) is 0.857. The molecule has 0 aliphatic carbocycles. The Labute approximate surface area is 68.3 Å². The van der Waals surface area contributed by atoms with Crippen LogP contribution in [0.25, 0.3) is 0 Å². The molecule has 1 N–H and O–H groups in total. The van der Waals surface area contributed by atoms with Crippen molar-refractivity contribution in [2.24, 2.45) is 5.92 Å². The van der Waals surface area contributed by atoms with Gasteiger partial charge in [-0.15, -0.1) is 0 Å². The van der Waals surface area contributed by atoms with Crippen LogP contribution in [-0.4, -0.2) is 29.7 Å². The fourth-order valence-corrected chi connectivity index (χ4v) is 1.12. The molecule has 0 aromatic carbocycles. The Hall–Kier alpha value is -0.710. The first-order valence-corrected chi connectivity index (χ1v) is 3.64. The van der Waals surface area contributed by atoms with Gasteiger partial charge in [-0.05, 0) is 6.92 Å². The van der Waals surface area contributed by atoms with Gasteiger partial charge in [0.25, 0.3) is 5.92 Å². The van der Waals surface area contributed by atoms with E-state index in [4.69, 9.17) is 5.11 Å². The summed E-state index contributed by atoms with van der Waals surface area (Å²) in [6.45, 7) is 0.712. The number of alkyl halides is 2. The monoisotopic (exact) mass is 180 g/mol. The van der Waals surface area contributed by atoms with E-state index in [-0.39, 0.29) is 0 Å². The van der Waals surface area contributed by atoms with Crippen LogP contribution in [0, 0.1) is 5.92 Å². The Kier molecular flexibility index (Phi) is 2.32. The number of hydrogen-bond donors (Lipinski definition) is 1. The summed E-state index contributed by atoms with van der Waals surface area (Å²) in [6.07, 6.45) is -1.34. The van der Waals surface area contributed by atoms with Gasteiger partial charge in [0.2, 0.25) is 0 Å². The third kappa shape index (κ3) is 1.91. The quantitative estimate of drug-likeness (QED) is 0.692. The van der Waals surface area contributed by atoms with E-state index in [1.54, 1.807) is 0 Å². The van der Waals surface area contributed by atoms with Gasteiger partial charge in [0, 0.05) is 6.42 Å². The maximum absolute atomic E-state index is 12.5. The van der Waals surface area contributed by atoms with Crippen LogP contribution in [0.1, 0.15) is 13.3 Å². The Morgan fingerprint density at radius 1 is 1.75 bits per heavy atom. The van der Waals surface area contributed by atoms with Crippen LogP contribution in [0.3, 0.4) is 0 Å². The van der Waals surface area contributed by atoms with Gasteiger partial charge in [0.1, 0.15) is 6.61 Å². The molecule has 0 aromatic rings. The highest BCUT2D eigenvalue weighted by Gasteiger charge is 2.44. The third-order valence-corrected chi connectivity index (χ3v) is 1.96. The summed E-state index contributed by atoms with van der Waals surface area (Å²) in [5, 5.41) is 8.49. The molecule has 1 aliphatic rings. The van der Waals surface area contributed by atoms with Crippen molar-refractivity contribution in [3.63, 3.8) is 0 Å². The third-order valence-electron chi connectivity index (χ3n) is 1.96. The predicted molar refractivity (Wildman–Crippen MR) is 36.1 cm³/mol. The van der Waals surface area contributed by atoms with E-state index < -0.39 is 36.9 Å². The van der Waals surface area contributed by atoms with Crippen LogP contribution in [0.5, 0.6) is 0 Å². The zero-order valence-electron chi connectivity index (χ0n) is 6.59. The molecule has 1 fully saturated rings. The molecule has 2 atom stereocenters. The van der Waals surface area contributed by atoms with Crippen molar-refractivity contribution in [3.8, 4) is 0 Å². The maximum atomic E-state index is 12.5. The number of ether oxygens (including phenoxy) is 1. The molecular weight excluding hydrogens is 170 g/mol. The number of halogens is 2.